The molecule has 0 fully saturated rings. The van der Waals surface area contributed by atoms with Crippen LogP contribution in [0.2, 0.25) is 0 Å². The maximum Gasteiger partial charge on any atom is 0.266 e. The van der Waals surface area contributed by atoms with Crippen molar-refractivity contribution >= 4 is 38.8 Å². The van der Waals surface area contributed by atoms with Crippen LogP contribution in [0.25, 0.3) is 15.9 Å². The van der Waals surface area contributed by atoms with Crippen molar-refractivity contribution in [1.82, 2.24) is 9.38 Å². The van der Waals surface area contributed by atoms with Gasteiger partial charge in [-0.1, -0.05) is 6.07 Å². The molecule has 1 amide bonds. The summed E-state index contributed by atoms with van der Waals surface area (Å²) < 4.78 is 12.0. The van der Waals surface area contributed by atoms with Crippen molar-refractivity contribution < 1.29 is 14.3 Å². The summed E-state index contributed by atoms with van der Waals surface area (Å²) in [5.74, 6) is 0.765. The molecule has 0 spiro atoms. The lowest BCUT2D eigenvalue weighted by atomic mass is 10.2. The Balaban J connectivity index is 1.74. The maximum atomic E-state index is 12.8. The van der Waals surface area contributed by atoms with Crippen LogP contribution in [0.1, 0.15) is 15.2 Å². The first kappa shape index (κ1) is 18.0. The van der Waals surface area contributed by atoms with Crippen molar-refractivity contribution in [2.45, 2.75) is 6.92 Å². The lowest BCUT2D eigenvalue weighted by molar-refractivity contribution is 0.103. The van der Waals surface area contributed by atoms with E-state index in [0.717, 1.165) is 5.56 Å². The number of aryl methyl sites for hydroxylation is 1. The number of aromatic nitrogens is 2. The van der Waals surface area contributed by atoms with Crippen molar-refractivity contribution in [1.29, 1.82) is 0 Å². The first-order valence-electron chi connectivity index (χ1n) is 8.46. The van der Waals surface area contributed by atoms with E-state index in [4.69, 9.17) is 9.47 Å². The Morgan fingerprint density at radius 1 is 1.18 bits per heavy atom. The molecule has 3 aromatic heterocycles. The molecule has 0 aliphatic rings. The summed E-state index contributed by atoms with van der Waals surface area (Å²) in [6.07, 6.45) is 1.68. The van der Waals surface area contributed by atoms with Gasteiger partial charge in [-0.05, 0) is 36.8 Å². The number of fused-ring (bicyclic) bond motifs is 2. The molecule has 142 valence electrons. The van der Waals surface area contributed by atoms with E-state index in [1.165, 1.54) is 22.8 Å². The molecule has 0 radical (unpaired) electrons. The van der Waals surface area contributed by atoms with E-state index in [1.54, 1.807) is 43.6 Å². The molecule has 0 aliphatic heterocycles. The minimum atomic E-state index is -0.336. The zero-order valence-electron chi connectivity index (χ0n) is 15.5. The van der Waals surface area contributed by atoms with Crippen LogP contribution in [0.4, 0.5) is 5.69 Å². The highest BCUT2D eigenvalue weighted by Crippen LogP contribution is 2.30. The number of carbonyl (C=O) groups excluding carboxylic acids is 1. The number of amides is 1. The predicted molar refractivity (Wildman–Crippen MR) is 109 cm³/mol. The van der Waals surface area contributed by atoms with Gasteiger partial charge in [-0.25, -0.2) is 4.98 Å². The van der Waals surface area contributed by atoms with Crippen molar-refractivity contribution in [3.63, 3.8) is 0 Å². The standard InChI is InChI=1S/C20H17N3O4S/c1-11-5-4-8-23-17(11)22-19-13(20(23)25)10-16(28-19)18(24)21-14-7-6-12(26-2)9-15(14)27-3/h4-10H,1-3H3,(H,21,24). The van der Waals surface area contributed by atoms with Crippen LogP contribution >= 0.6 is 11.3 Å². The number of benzene rings is 1. The molecule has 1 aromatic carbocycles. The average molecular weight is 395 g/mol. The number of methoxy groups -OCH3 is 2. The number of nitrogens with one attached hydrogen (secondary N) is 1. The molecule has 0 saturated carbocycles. The van der Waals surface area contributed by atoms with Crippen LogP contribution in [0.15, 0.2) is 47.4 Å². The molecular formula is C20H17N3O4S. The first-order valence-corrected chi connectivity index (χ1v) is 9.28. The second-order valence-corrected chi connectivity index (χ2v) is 7.18. The van der Waals surface area contributed by atoms with Gasteiger partial charge in [-0.2, -0.15) is 0 Å². The number of ether oxygens (including phenoxy) is 2. The summed E-state index contributed by atoms with van der Waals surface area (Å²) >= 11 is 1.18. The molecule has 0 bridgehead atoms. The Bertz CT molecular complexity index is 1280. The monoisotopic (exact) mass is 395 g/mol. The van der Waals surface area contributed by atoms with E-state index in [0.29, 0.717) is 37.9 Å². The van der Waals surface area contributed by atoms with Gasteiger partial charge in [0.25, 0.3) is 11.5 Å². The van der Waals surface area contributed by atoms with Gasteiger partial charge in [0.05, 0.1) is 30.2 Å². The molecule has 1 N–H and O–H groups in total. The van der Waals surface area contributed by atoms with Crippen molar-refractivity contribution in [2.75, 3.05) is 19.5 Å². The second kappa shape index (κ2) is 6.97. The van der Waals surface area contributed by atoms with Crippen molar-refractivity contribution in [3.05, 3.63) is 63.4 Å². The largest absolute Gasteiger partial charge is 0.497 e. The number of nitrogens with zero attached hydrogens (tertiary/aromatic N) is 2. The van der Waals surface area contributed by atoms with E-state index >= 15 is 0 Å². The van der Waals surface area contributed by atoms with E-state index < -0.39 is 0 Å². The van der Waals surface area contributed by atoms with Gasteiger partial charge >= 0.3 is 0 Å². The third-order valence-corrected chi connectivity index (χ3v) is 5.44. The Kier molecular flexibility index (Phi) is 4.48. The van der Waals surface area contributed by atoms with Crippen LogP contribution in [0, 0.1) is 6.92 Å². The Labute approximate surface area is 164 Å². The van der Waals surface area contributed by atoms with Crippen LogP contribution in [0.5, 0.6) is 11.5 Å². The quantitative estimate of drug-likeness (QED) is 0.572. The van der Waals surface area contributed by atoms with Crippen LogP contribution < -0.4 is 20.3 Å². The molecular weight excluding hydrogens is 378 g/mol. The highest BCUT2D eigenvalue weighted by Gasteiger charge is 2.17. The third-order valence-electron chi connectivity index (χ3n) is 4.41. The molecule has 0 saturated heterocycles. The smallest absolute Gasteiger partial charge is 0.266 e. The summed E-state index contributed by atoms with van der Waals surface area (Å²) in [5, 5.41) is 3.23. The molecule has 4 aromatic rings. The highest BCUT2D eigenvalue weighted by molar-refractivity contribution is 7.20. The molecule has 4 rings (SSSR count). The summed E-state index contributed by atoms with van der Waals surface area (Å²) in [6, 6.07) is 10.4. The Morgan fingerprint density at radius 3 is 2.75 bits per heavy atom. The first-order chi connectivity index (χ1) is 13.5. The van der Waals surface area contributed by atoms with Crippen LogP contribution in [-0.4, -0.2) is 29.5 Å². The van der Waals surface area contributed by atoms with Gasteiger partial charge in [0, 0.05) is 12.3 Å². The fraction of sp³-hybridized carbons (Fsp3) is 0.150. The number of hydrogen-bond acceptors (Lipinski definition) is 6. The van der Waals surface area contributed by atoms with E-state index in [2.05, 4.69) is 10.3 Å². The van der Waals surface area contributed by atoms with Gasteiger partial charge in [0.1, 0.15) is 22.0 Å². The lowest BCUT2D eigenvalue weighted by Gasteiger charge is -2.10. The van der Waals surface area contributed by atoms with Crippen molar-refractivity contribution in [3.8, 4) is 11.5 Å². The molecule has 3 heterocycles. The molecule has 28 heavy (non-hydrogen) atoms. The lowest BCUT2D eigenvalue weighted by Crippen LogP contribution is -2.14. The number of thiophene rings is 1. The molecule has 8 heteroatoms. The number of carbonyl (C=O) groups is 1. The molecule has 7 nitrogen and oxygen atoms in total. The number of pyridine rings is 1. The highest BCUT2D eigenvalue weighted by atomic mass is 32.1. The van der Waals surface area contributed by atoms with Gasteiger partial charge in [-0.3, -0.25) is 14.0 Å². The minimum Gasteiger partial charge on any atom is -0.497 e. The number of hydrogen-bond donors (Lipinski definition) is 1. The third kappa shape index (κ3) is 2.97. The van der Waals surface area contributed by atoms with Crippen LogP contribution in [-0.2, 0) is 0 Å². The van der Waals surface area contributed by atoms with E-state index in [-0.39, 0.29) is 11.5 Å². The fourth-order valence-corrected chi connectivity index (χ4v) is 3.87. The topological polar surface area (TPSA) is 81.9 Å². The average Bonchev–Trinajstić information content (AvgIpc) is 3.14. The summed E-state index contributed by atoms with van der Waals surface area (Å²) in [4.78, 5) is 31.0. The summed E-state index contributed by atoms with van der Waals surface area (Å²) in [5.41, 5.74) is 1.80. The summed E-state index contributed by atoms with van der Waals surface area (Å²) in [7, 11) is 3.07. The maximum absolute atomic E-state index is 12.8. The fourth-order valence-electron chi connectivity index (χ4n) is 2.96. The molecule has 0 unspecified atom stereocenters. The number of rotatable bonds is 4. The Morgan fingerprint density at radius 2 is 2.00 bits per heavy atom. The predicted octanol–water partition coefficient (Wildman–Crippen LogP) is 3.49. The zero-order valence-corrected chi connectivity index (χ0v) is 16.3. The molecule has 0 aliphatic carbocycles. The van der Waals surface area contributed by atoms with Crippen LogP contribution in [0.3, 0.4) is 0 Å². The second-order valence-electron chi connectivity index (χ2n) is 6.15. The minimum absolute atomic E-state index is 0.193. The van der Waals surface area contributed by atoms with Gasteiger partial charge in [0.15, 0.2) is 0 Å². The van der Waals surface area contributed by atoms with E-state index in [1.807, 2.05) is 13.0 Å². The number of anilines is 1. The molecule has 0 atom stereocenters. The SMILES string of the molecule is COc1ccc(NC(=O)c2cc3c(=O)n4cccc(C)c4nc3s2)c(OC)c1. The van der Waals surface area contributed by atoms with Gasteiger partial charge in [-0.15, -0.1) is 11.3 Å². The normalized spacial score (nSPS) is 11.0. The zero-order chi connectivity index (χ0) is 19.8. The Hall–Kier alpha value is -3.39. The summed E-state index contributed by atoms with van der Waals surface area (Å²) in [6.45, 7) is 1.89. The van der Waals surface area contributed by atoms with Gasteiger partial charge < -0.3 is 14.8 Å². The van der Waals surface area contributed by atoms with Crippen molar-refractivity contribution in [2.24, 2.45) is 0 Å². The van der Waals surface area contributed by atoms with E-state index in [9.17, 15) is 9.59 Å². The van der Waals surface area contributed by atoms with Gasteiger partial charge in [0.2, 0.25) is 0 Å².